The predicted octanol–water partition coefficient (Wildman–Crippen LogP) is 1.39. The van der Waals surface area contributed by atoms with Gasteiger partial charge in [-0.3, -0.25) is 14.4 Å². The second-order valence-corrected chi connectivity index (χ2v) is 6.98. The van der Waals surface area contributed by atoms with E-state index < -0.39 is 18.0 Å². The lowest BCUT2D eigenvalue weighted by molar-refractivity contribution is -0.148. The summed E-state index contributed by atoms with van der Waals surface area (Å²) in [5.74, 6) is -1.38. The summed E-state index contributed by atoms with van der Waals surface area (Å²) in [6.45, 7) is 4.92. The molecule has 1 saturated heterocycles. The number of carbonyl (C=O) groups is 4. The summed E-state index contributed by atoms with van der Waals surface area (Å²) >= 11 is 0. The predicted molar refractivity (Wildman–Crippen MR) is 101 cm³/mol. The van der Waals surface area contributed by atoms with Crippen molar-refractivity contribution in [3.63, 3.8) is 0 Å². The Labute approximate surface area is 164 Å². The molecular weight excluding hydrogens is 364 g/mol. The summed E-state index contributed by atoms with van der Waals surface area (Å²) in [6, 6.07) is 5.04. The average molecular weight is 390 g/mol. The number of nitrogens with zero attached hydrogens (tertiary/aromatic N) is 1. The molecule has 1 aromatic rings. The molecule has 0 radical (unpaired) electrons. The molecule has 152 valence electrons. The maximum Gasteiger partial charge on any atom is 0.337 e. The number of methoxy groups -OCH3 is 1. The molecule has 0 bridgehead atoms. The number of hydrogen-bond acceptors (Lipinski definition) is 6. The van der Waals surface area contributed by atoms with Crippen LogP contribution < -0.4 is 5.32 Å². The second-order valence-electron chi connectivity index (χ2n) is 6.98. The van der Waals surface area contributed by atoms with E-state index in [1.807, 2.05) is 13.8 Å². The minimum absolute atomic E-state index is 0.198. The molecule has 0 saturated carbocycles. The third-order valence-corrected chi connectivity index (χ3v) is 4.46. The lowest BCUT2D eigenvalue weighted by atomic mass is 10.1. The number of piperazine rings is 1. The first kappa shape index (κ1) is 21.4. The quantitative estimate of drug-likeness (QED) is 0.706. The van der Waals surface area contributed by atoms with Crippen molar-refractivity contribution in [1.82, 2.24) is 10.2 Å². The van der Waals surface area contributed by atoms with Crippen molar-refractivity contribution in [2.45, 2.75) is 32.7 Å². The van der Waals surface area contributed by atoms with E-state index in [4.69, 9.17) is 4.74 Å². The molecule has 0 spiro atoms. The average Bonchev–Trinajstić information content (AvgIpc) is 2.68. The number of rotatable bonds is 7. The molecule has 1 aromatic carbocycles. The molecule has 1 N–H and O–H groups in total. The van der Waals surface area contributed by atoms with Crippen LogP contribution in [0.3, 0.4) is 0 Å². The van der Waals surface area contributed by atoms with Crippen LogP contribution in [0.15, 0.2) is 24.3 Å². The van der Waals surface area contributed by atoms with Crippen LogP contribution in [-0.2, 0) is 19.1 Å². The molecule has 1 aliphatic rings. The Morgan fingerprint density at radius 3 is 2.43 bits per heavy atom. The Hall–Kier alpha value is -2.90. The first-order valence-electron chi connectivity index (χ1n) is 9.26. The van der Waals surface area contributed by atoms with Crippen molar-refractivity contribution in [3.8, 4) is 0 Å². The molecule has 8 heteroatoms. The highest BCUT2D eigenvalue weighted by Crippen LogP contribution is 2.16. The summed E-state index contributed by atoms with van der Waals surface area (Å²) in [5.41, 5.74) is 0.640. The fourth-order valence-corrected chi connectivity index (χ4v) is 2.82. The molecule has 2 amide bonds. The SMILES string of the molecule is COC(=O)c1ccc(C(=O)N2CCNC(=O)C2CC(=O)OCCC(C)C)cc1. The largest absolute Gasteiger partial charge is 0.466 e. The van der Waals surface area contributed by atoms with Crippen LogP contribution in [0, 0.1) is 5.92 Å². The normalized spacial score (nSPS) is 16.5. The summed E-state index contributed by atoms with van der Waals surface area (Å²) < 4.78 is 9.82. The van der Waals surface area contributed by atoms with Gasteiger partial charge in [0.15, 0.2) is 0 Å². The van der Waals surface area contributed by atoms with Gasteiger partial charge in [-0.05, 0) is 36.6 Å². The van der Waals surface area contributed by atoms with Gasteiger partial charge in [0, 0.05) is 18.7 Å². The number of nitrogens with one attached hydrogen (secondary N) is 1. The number of hydrogen-bond donors (Lipinski definition) is 1. The van der Waals surface area contributed by atoms with E-state index in [9.17, 15) is 19.2 Å². The van der Waals surface area contributed by atoms with E-state index >= 15 is 0 Å². The molecule has 28 heavy (non-hydrogen) atoms. The molecule has 1 aliphatic heterocycles. The van der Waals surface area contributed by atoms with Gasteiger partial charge in [-0.1, -0.05) is 13.8 Å². The Morgan fingerprint density at radius 2 is 1.82 bits per heavy atom. The molecular formula is C20H26N2O6. The van der Waals surface area contributed by atoms with Gasteiger partial charge in [0.05, 0.1) is 25.7 Å². The van der Waals surface area contributed by atoms with Crippen LogP contribution in [0.4, 0.5) is 0 Å². The van der Waals surface area contributed by atoms with Crippen molar-refractivity contribution in [2.24, 2.45) is 5.92 Å². The first-order valence-corrected chi connectivity index (χ1v) is 9.26. The van der Waals surface area contributed by atoms with E-state index in [1.54, 1.807) is 0 Å². The van der Waals surface area contributed by atoms with Crippen molar-refractivity contribution in [3.05, 3.63) is 35.4 Å². The van der Waals surface area contributed by atoms with Crippen LogP contribution in [0.25, 0.3) is 0 Å². The maximum absolute atomic E-state index is 12.9. The first-order chi connectivity index (χ1) is 13.3. The maximum atomic E-state index is 12.9. The van der Waals surface area contributed by atoms with Crippen LogP contribution in [-0.4, -0.2) is 61.5 Å². The zero-order chi connectivity index (χ0) is 20.7. The highest BCUT2D eigenvalue weighted by molar-refractivity contribution is 6.00. The summed E-state index contributed by atoms with van der Waals surface area (Å²) in [6.07, 6.45) is 0.535. The van der Waals surface area contributed by atoms with Crippen LogP contribution >= 0.6 is 0 Å². The Kier molecular flexibility index (Phi) is 7.54. The molecule has 1 fully saturated rings. The third-order valence-electron chi connectivity index (χ3n) is 4.46. The minimum atomic E-state index is -0.923. The van der Waals surface area contributed by atoms with Gasteiger partial charge in [-0.2, -0.15) is 0 Å². The topological polar surface area (TPSA) is 102 Å². The molecule has 0 aliphatic carbocycles. The van der Waals surface area contributed by atoms with Crippen molar-refractivity contribution >= 4 is 23.8 Å². The van der Waals surface area contributed by atoms with Crippen molar-refractivity contribution < 1.29 is 28.7 Å². The van der Waals surface area contributed by atoms with Gasteiger partial charge in [-0.25, -0.2) is 4.79 Å². The standard InChI is InChI=1S/C20H26N2O6/c1-13(2)8-11-28-17(23)12-16-18(24)21-9-10-22(16)19(25)14-4-6-15(7-5-14)20(26)27-3/h4-7,13,16H,8-12H2,1-3H3,(H,21,24). The zero-order valence-electron chi connectivity index (χ0n) is 16.4. The van der Waals surface area contributed by atoms with Gasteiger partial charge in [-0.15, -0.1) is 0 Å². The Bertz CT molecular complexity index is 729. The van der Waals surface area contributed by atoms with E-state index in [2.05, 4.69) is 10.1 Å². The molecule has 1 unspecified atom stereocenters. The van der Waals surface area contributed by atoms with Crippen molar-refractivity contribution in [1.29, 1.82) is 0 Å². The summed E-state index contributed by atoms with van der Waals surface area (Å²) in [7, 11) is 1.28. The molecule has 8 nitrogen and oxygen atoms in total. The van der Waals surface area contributed by atoms with Gasteiger partial charge in [0.2, 0.25) is 5.91 Å². The fraction of sp³-hybridized carbons (Fsp3) is 0.500. The molecule has 2 rings (SSSR count). The highest BCUT2D eigenvalue weighted by Gasteiger charge is 2.35. The molecule has 0 aromatic heterocycles. The van der Waals surface area contributed by atoms with Gasteiger partial charge < -0.3 is 19.7 Å². The number of amides is 2. The van der Waals surface area contributed by atoms with Gasteiger partial charge >= 0.3 is 11.9 Å². The van der Waals surface area contributed by atoms with E-state index in [0.717, 1.165) is 6.42 Å². The van der Waals surface area contributed by atoms with E-state index in [-0.39, 0.29) is 31.4 Å². The van der Waals surface area contributed by atoms with Crippen LogP contribution in [0.1, 0.15) is 47.4 Å². The molecule has 1 atom stereocenters. The number of ether oxygens (including phenoxy) is 2. The van der Waals surface area contributed by atoms with E-state index in [0.29, 0.717) is 23.6 Å². The number of carbonyl (C=O) groups excluding carboxylic acids is 4. The monoisotopic (exact) mass is 390 g/mol. The highest BCUT2D eigenvalue weighted by atomic mass is 16.5. The number of esters is 2. The fourth-order valence-electron chi connectivity index (χ4n) is 2.82. The lowest BCUT2D eigenvalue weighted by Crippen LogP contribution is -2.57. The van der Waals surface area contributed by atoms with Crippen LogP contribution in [0.5, 0.6) is 0 Å². The smallest absolute Gasteiger partial charge is 0.337 e. The Morgan fingerprint density at radius 1 is 1.18 bits per heavy atom. The Balaban J connectivity index is 2.07. The molecule has 1 heterocycles. The third kappa shape index (κ3) is 5.55. The summed E-state index contributed by atoms with van der Waals surface area (Å²) in [5, 5.41) is 2.68. The second kappa shape index (κ2) is 9.87. The summed E-state index contributed by atoms with van der Waals surface area (Å²) in [4.78, 5) is 50.1. The van der Waals surface area contributed by atoms with E-state index in [1.165, 1.54) is 36.3 Å². The van der Waals surface area contributed by atoms with Gasteiger partial charge in [0.25, 0.3) is 5.91 Å². The minimum Gasteiger partial charge on any atom is -0.466 e. The lowest BCUT2D eigenvalue weighted by Gasteiger charge is -2.34. The van der Waals surface area contributed by atoms with Crippen LogP contribution in [0.2, 0.25) is 0 Å². The van der Waals surface area contributed by atoms with Gasteiger partial charge in [0.1, 0.15) is 6.04 Å². The number of benzene rings is 1. The van der Waals surface area contributed by atoms with Crippen molar-refractivity contribution in [2.75, 3.05) is 26.8 Å². The zero-order valence-corrected chi connectivity index (χ0v) is 16.4.